The zero-order valence-electron chi connectivity index (χ0n) is 12.3. The van der Waals surface area contributed by atoms with Crippen LogP contribution in [0.15, 0.2) is 21.0 Å². The van der Waals surface area contributed by atoms with Crippen LogP contribution in [0.5, 0.6) is 0 Å². The van der Waals surface area contributed by atoms with Gasteiger partial charge in [-0.2, -0.15) is 18.2 Å². The lowest BCUT2D eigenvalue weighted by Gasteiger charge is -2.07. The number of ether oxygens (including phenoxy) is 1. The third-order valence-electron chi connectivity index (χ3n) is 2.87. The number of carbonyl (C=O) groups excluding carboxylic acids is 1. The first-order valence-electron chi connectivity index (χ1n) is 6.73. The second-order valence-electron chi connectivity index (χ2n) is 4.57. The van der Waals surface area contributed by atoms with E-state index in [4.69, 9.17) is 20.4 Å². The molecule has 0 amide bonds. The first-order valence-corrected chi connectivity index (χ1v) is 7.10. The Labute approximate surface area is 141 Å². The molecule has 0 unspecified atom stereocenters. The molecule has 0 fully saturated rings. The molecule has 0 aliphatic heterocycles. The lowest BCUT2D eigenvalue weighted by atomic mass is 10.2. The number of nitrogens with zero attached hydrogens (tertiary/aromatic N) is 3. The van der Waals surface area contributed by atoms with Gasteiger partial charge in [0, 0.05) is 6.07 Å². The Morgan fingerprint density at radius 1 is 1.28 bits per heavy atom. The van der Waals surface area contributed by atoms with E-state index in [2.05, 4.69) is 25.2 Å². The Balaban J connectivity index is 1.86. The van der Waals surface area contributed by atoms with E-state index in [1.807, 2.05) is 0 Å². The summed E-state index contributed by atoms with van der Waals surface area (Å²) in [6.45, 7) is 1.73. The first kappa shape index (κ1) is 17.0. The summed E-state index contributed by atoms with van der Waals surface area (Å²) in [6, 6.07) is 1.28. The largest absolute Gasteiger partial charge is 0.459 e. The average Bonchev–Trinajstić information content (AvgIpc) is 3.12. The van der Waals surface area contributed by atoms with E-state index in [-0.39, 0.29) is 29.7 Å². The minimum absolute atomic E-state index is 0.0191. The highest BCUT2D eigenvalue weighted by atomic mass is 35.5. The van der Waals surface area contributed by atoms with Gasteiger partial charge in [-0.05, 0) is 13.0 Å². The molecule has 0 bridgehead atoms. The Hall–Kier alpha value is -2.82. The third-order valence-corrected chi connectivity index (χ3v) is 3.18. The Morgan fingerprint density at radius 2 is 2.04 bits per heavy atom. The van der Waals surface area contributed by atoms with E-state index >= 15 is 0 Å². The molecule has 0 saturated carbocycles. The van der Waals surface area contributed by atoms with Gasteiger partial charge >= 0.3 is 30.1 Å². The molecule has 2 aromatic heterocycles. The number of hydrogen-bond acceptors (Lipinski definition) is 8. The van der Waals surface area contributed by atoms with Gasteiger partial charge in [-0.3, -0.25) is 5.32 Å². The van der Waals surface area contributed by atoms with Gasteiger partial charge in [-0.25, -0.2) is 4.79 Å². The quantitative estimate of drug-likeness (QED) is 0.686. The highest BCUT2D eigenvalue weighted by Gasteiger charge is 2.34. The third kappa shape index (κ3) is 3.50. The van der Waals surface area contributed by atoms with Crippen molar-refractivity contribution in [1.29, 1.82) is 0 Å². The fraction of sp³-hybridized carbons (Fsp3) is 0.231. The summed E-state index contributed by atoms with van der Waals surface area (Å²) in [5.74, 6) is -1.22. The summed E-state index contributed by atoms with van der Waals surface area (Å²) in [7, 11) is 0. The molecule has 0 spiro atoms. The molecule has 0 atom stereocenters. The number of benzene rings is 1. The first-order chi connectivity index (χ1) is 11.8. The smallest absolute Gasteiger partial charge is 0.417 e. The number of hydrogen-bond donors (Lipinski definition) is 1. The predicted octanol–water partition coefficient (Wildman–Crippen LogP) is 3.80. The molecule has 3 rings (SSSR count). The number of halogens is 4. The maximum atomic E-state index is 12.8. The normalized spacial score (nSPS) is 11.7. The zero-order chi connectivity index (χ0) is 18.2. The molecule has 132 valence electrons. The summed E-state index contributed by atoms with van der Waals surface area (Å²) < 4.78 is 53.4. The molecule has 3 aromatic rings. The standard InChI is InChI=1S/C13H8ClF3N4O4/c1-2-23-10(22)9-20-21-12(25-9)19-11-18-7-3-5(13(15,16)17)6(14)4-8(7)24-11/h3-4H,2H2,1H3,(H,18,19,21). The van der Waals surface area contributed by atoms with Crippen molar-refractivity contribution >= 4 is 40.7 Å². The van der Waals surface area contributed by atoms with Gasteiger partial charge in [0.1, 0.15) is 5.52 Å². The molecule has 0 aliphatic carbocycles. The zero-order valence-corrected chi connectivity index (χ0v) is 13.1. The van der Waals surface area contributed by atoms with Crippen LogP contribution in [0.2, 0.25) is 5.02 Å². The molecular weight excluding hydrogens is 369 g/mol. The SMILES string of the molecule is CCOC(=O)c1nnc(Nc2nc3cc(C(F)(F)F)c(Cl)cc3o2)o1. The number of esters is 1. The van der Waals surface area contributed by atoms with Crippen molar-refractivity contribution in [2.24, 2.45) is 0 Å². The lowest BCUT2D eigenvalue weighted by molar-refractivity contribution is -0.137. The molecular formula is C13H8ClF3N4O4. The van der Waals surface area contributed by atoms with Crippen molar-refractivity contribution in [3.05, 3.63) is 28.6 Å². The van der Waals surface area contributed by atoms with Crippen molar-refractivity contribution in [3.63, 3.8) is 0 Å². The highest BCUT2D eigenvalue weighted by Crippen LogP contribution is 2.37. The number of alkyl halides is 3. The number of anilines is 2. The van der Waals surface area contributed by atoms with Gasteiger partial charge in [0.15, 0.2) is 5.58 Å². The van der Waals surface area contributed by atoms with E-state index in [1.165, 1.54) is 0 Å². The second-order valence-corrected chi connectivity index (χ2v) is 4.98. The highest BCUT2D eigenvalue weighted by molar-refractivity contribution is 6.32. The van der Waals surface area contributed by atoms with E-state index in [1.54, 1.807) is 6.92 Å². The van der Waals surface area contributed by atoms with Crippen LogP contribution in [0.3, 0.4) is 0 Å². The van der Waals surface area contributed by atoms with Gasteiger partial charge in [0.05, 0.1) is 17.2 Å². The van der Waals surface area contributed by atoms with Crippen LogP contribution in [0.1, 0.15) is 23.2 Å². The Morgan fingerprint density at radius 3 is 2.72 bits per heavy atom. The van der Waals surface area contributed by atoms with Crippen molar-refractivity contribution in [2.45, 2.75) is 13.1 Å². The van der Waals surface area contributed by atoms with Gasteiger partial charge in [-0.15, -0.1) is 0 Å². The van der Waals surface area contributed by atoms with Gasteiger partial charge < -0.3 is 13.6 Å². The van der Waals surface area contributed by atoms with Gasteiger partial charge in [0.25, 0.3) is 0 Å². The van der Waals surface area contributed by atoms with Crippen molar-refractivity contribution in [2.75, 3.05) is 11.9 Å². The van der Waals surface area contributed by atoms with E-state index in [0.29, 0.717) is 0 Å². The Kier molecular flexibility index (Phi) is 4.25. The number of oxazole rings is 1. The van der Waals surface area contributed by atoms with Crippen LogP contribution in [-0.2, 0) is 10.9 Å². The molecule has 25 heavy (non-hydrogen) atoms. The maximum absolute atomic E-state index is 12.8. The number of carbonyl (C=O) groups is 1. The van der Waals surface area contributed by atoms with Crippen LogP contribution in [-0.4, -0.2) is 27.8 Å². The number of aromatic nitrogens is 3. The second kappa shape index (κ2) is 6.24. The summed E-state index contributed by atoms with van der Waals surface area (Å²) >= 11 is 5.60. The fourth-order valence-corrected chi connectivity index (χ4v) is 2.12. The fourth-order valence-electron chi connectivity index (χ4n) is 1.86. The van der Waals surface area contributed by atoms with Gasteiger partial charge in [0.2, 0.25) is 0 Å². The molecule has 2 heterocycles. The maximum Gasteiger partial charge on any atom is 0.417 e. The number of fused-ring (bicyclic) bond motifs is 1. The van der Waals surface area contributed by atoms with E-state index in [0.717, 1.165) is 12.1 Å². The summed E-state index contributed by atoms with van der Waals surface area (Å²) in [6.07, 6.45) is -4.63. The summed E-state index contributed by atoms with van der Waals surface area (Å²) in [5.41, 5.74) is -1.10. The van der Waals surface area contributed by atoms with Crippen molar-refractivity contribution in [3.8, 4) is 0 Å². The monoisotopic (exact) mass is 376 g/mol. The lowest BCUT2D eigenvalue weighted by Crippen LogP contribution is -2.05. The Bertz CT molecular complexity index is 937. The van der Waals surface area contributed by atoms with Crippen LogP contribution in [0, 0.1) is 0 Å². The van der Waals surface area contributed by atoms with Gasteiger partial charge in [-0.1, -0.05) is 21.8 Å². The number of rotatable bonds is 4. The summed E-state index contributed by atoms with van der Waals surface area (Å²) in [5, 5.41) is 8.89. The topological polar surface area (TPSA) is 103 Å². The molecule has 0 radical (unpaired) electrons. The molecule has 12 heteroatoms. The minimum atomic E-state index is -4.63. The van der Waals surface area contributed by atoms with Crippen LogP contribution < -0.4 is 5.32 Å². The van der Waals surface area contributed by atoms with Crippen LogP contribution in [0.25, 0.3) is 11.1 Å². The van der Waals surface area contributed by atoms with Crippen LogP contribution in [0.4, 0.5) is 25.2 Å². The molecule has 1 aromatic carbocycles. The molecule has 0 aliphatic rings. The molecule has 8 nitrogen and oxygen atoms in total. The molecule has 0 saturated heterocycles. The molecule has 1 N–H and O–H groups in total. The van der Waals surface area contributed by atoms with Crippen molar-refractivity contribution in [1.82, 2.24) is 15.2 Å². The number of nitrogens with one attached hydrogen (secondary N) is 1. The van der Waals surface area contributed by atoms with Crippen LogP contribution >= 0.6 is 11.6 Å². The minimum Gasteiger partial charge on any atom is -0.459 e. The average molecular weight is 377 g/mol. The van der Waals surface area contributed by atoms with E-state index < -0.39 is 28.6 Å². The van der Waals surface area contributed by atoms with Crippen molar-refractivity contribution < 1.29 is 31.5 Å². The van der Waals surface area contributed by atoms with E-state index in [9.17, 15) is 18.0 Å². The predicted molar refractivity (Wildman–Crippen MR) is 77.6 cm³/mol. The summed E-state index contributed by atoms with van der Waals surface area (Å²) in [4.78, 5) is 15.2.